The molecule has 0 spiro atoms. The molecule has 14 aromatic rings. The minimum atomic E-state index is 0.825. The third kappa shape index (κ3) is 5.85. The molecular formula is C64H39N3. The van der Waals surface area contributed by atoms with E-state index in [0.717, 1.165) is 50.2 Å². The lowest BCUT2D eigenvalue weighted by Gasteiger charge is -2.14. The van der Waals surface area contributed by atoms with E-state index in [2.05, 4.69) is 229 Å². The fourth-order valence-corrected chi connectivity index (χ4v) is 11.0. The number of nitrogens with zero attached hydrogens (tertiary/aromatic N) is 3. The summed E-state index contributed by atoms with van der Waals surface area (Å²) in [6.07, 6.45) is 3.85. The van der Waals surface area contributed by atoms with Crippen molar-refractivity contribution in [2.24, 2.45) is 0 Å². The Hall–Kier alpha value is -8.92. The molecule has 67 heavy (non-hydrogen) atoms. The standard InChI is InChI=1S/C64H39N3/c1-3-21-51-47(17-1)49-19-5-7-23-53(49)59-37-43(27-29-55(51)59)40-13-11-14-41(35-40)45-31-33-65-61(39-45)63-64-58(32-34-66-63)57-25-9-10-26-62(57)67(64)46-16-12-15-42(36-46)44-28-30-56-52-22-4-2-18-48(52)50-20-6-8-24-54(50)60(56)38-44/h1-39H. The average molecular weight is 850 g/mol. The van der Waals surface area contributed by atoms with Gasteiger partial charge in [0.2, 0.25) is 0 Å². The molecule has 11 aromatic carbocycles. The van der Waals surface area contributed by atoms with E-state index < -0.39 is 0 Å². The first-order valence-electron chi connectivity index (χ1n) is 23.0. The van der Waals surface area contributed by atoms with E-state index in [1.165, 1.54) is 86.7 Å². The van der Waals surface area contributed by atoms with Crippen molar-refractivity contribution in [2.75, 3.05) is 0 Å². The molecule has 3 heteroatoms. The smallest absolute Gasteiger partial charge is 0.113 e. The topological polar surface area (TPSA) is 30.7 Å². The first-order valence-corrected chi connectivity index (χ1v) is 23.0. The number of fused-ring (bicyclic) bond motifs is 15. The maximum absolute atomic E-state index is 5.12. The maximum Gasteiger partial charge on any atom is 0.113 e. The zero-order valence-corrected chi connectivity index (χ0v) is 36.4. The Labute approximate surface area is 386 Å². The van der Waals surface area contributed by atoms with Crippen molar-refractivity contribution < 1.29 is 0 Å². The van der Waals surface area contributed by atoms with Crippen molar-refractivity contribution in [3.05, 3.63) is 237 Å². The zero-order chi connectivity index (χ0) is 44.0. The van der Waals surface area contributed by atoms with Gasteiger partial charge in [0.05, 0.1) is 16.7 Å². The van der Waals surface area contributed by atoms with E-state index >= 15 is 0 Å². The summed E-state index contributed by atoms with van der Waals surface area (Å²) in [7, 11) is 0. The van der Waals surface area contributed by atoms with Gasteiger partial charge in [0.1, 0.15) is 5.69 Å². The van der Waals surface area contributed by atoms with Gasteiger partial charge >= 0.3 is 0 Å². The lowest BCUT2D eigenvalue weighted by Crippen LogP contribution is -1.98. The van der Waals surface area contributed by atoms with E-state index in [4.69, 9.17) is 9.97 Å². The van der Waals surface area contributed by atoms with Crippen LogP contribution in [0, 0.1) is 0 Å². The van der Waals surface area contributed by atoms with Gasteiger partial charge in [-0.05, 0) is 153 Å². The van der Waals surface area contributed by atoms with E-state index in [9.17, 15) is 0 Å². The Morgan fingerprint density at radius 3 is 1.22 bits per heavy atom. The number of hydrogen-bond donors (Lipinski definition) is 0. The van der Waals surface area contributed by atoms with Gasteiger partial charge in [-0.3, -0.25) is 9.97 Å². The Kier molecular flexibility index (Phi) is 8.28. The van der Waals surface area contributed by atoms with Gasteiger partial charge in [-0.25, -0.2) is 0 Å². The molecule has 3 aromatic heterocycles. The molecule has 0 radical (unpaired) electrons. The van der Waals surface area contributed by atoms with Gasteiger partial charge in [0, 0.05) is 28.9 Å². The van der Waals surface area contributed by atoms with Crippen LogP contribution in [0.4, 0.5) is 0 Å². The second kappa shape index (κ2) is 14.8. The highest BCUT2D eigenvalue weighted by Crippen LogP contribution is 2.42. The van der Waals surface area contributed by atoms with Gasteiger partial charge in [-0.15, -0.1) is 0 Å². The highest BCUT2D eigenvalue weighted by atomic mass is 15.0. The van der Waals surface area contributed by atoms with Gasteiger partial charge in [0.25, 0.3) is 0 Å². The second-order valence-corrected chi connectivity index (χ2v) is 17.7. The summed E-state index contributed by atoms with van der Waals surface area (Å²) < 4.78 is 2.38. The predicted octanol–water partition coefficient (Wildman–Crippen LogP) is 17.2. The van der Waals surface area contributed by atoms with Crippen LogP contribution >= 0.6 is 0 Å². The molecule has 0 aliphatic carbocycles. The molecule has 14 rings (SSSR count). The fourth-order valence-electron chi connectivity index (χ4n) is 11.0. The lowest BCUT2D eigenvalue weighted by atomic mass is 9.91. The summed E-state index contributed by atoms with van der Waals surface area (Å²) in [5.74, 6) is 0. The molecule has 3 nitrogen and oxygen atoms in total. The summed E-state index contributed by atoms with van der Waals surface area (Å²) in [6.45, 7) is 0. The Morgan fingerprint density at radius 2 is 0.672 bits per heavy atom. The minimum Gasteiger partial charge on any atom is -0.307 e. The van der Waals surface area contributed by atoms with Crippen LogP contribution in [0.25, 0.3) is 137 Å². The molecule has 0 saturated carbocycles. The normalized spacial score (nSPS) is 11.9. The first kappa shape index (κ1) is 37.5. The Bertz CT molecular complexity index is 4280. The van der Waals surface area contributed by atoms with Crippen molar-refractivity contribution in [1.29, 1.82) is 0 Å². The molecule has 0 N–H and O–H groups in total. The monoisotopic (exact) mass is 849 g/mol. The highest BCUT2D eigenvalue weighted by molar-refractivity contribution is 6.27. The maximum atomic E-state index is 5.12. The molecule has 0 bridgehead atoms. The van der Waals surface area contributed by atoms with Crippen molar-refractivity contribution in [3.8, 4) is 50.5 Å². The van der Waals surface area contributed by atoms with Gasteiger partial charge in [0.15, 0.2) is 0 Å². The number of para-hydroxylation sites is 1. The van der Waals surface area contributed by atoms with Crippen LogP contribution in [0.2, 0.25) is 0 Å². The first-order chi connectivity index (χ1) is 33.2. The van der Waals surface area contributed by atoms with Crippen LogP contribution in [-0.2, 0) is 0 Å². The molecule has 0 unspecified atom stereocenters. The van der Waals surface area contributed by atoms with Crippen LogP contribution in [0.3, 0.4) is 0 Å². The number of hydrogen-bond acceptors (Lipinski definition) is 2. The van der Waals surface area contributed by atoms with Gasteiger partial charge in [-0.2, -0.15) is 0 Å². The summed E-state index contributed by atoms with van der Waals surface area (Å²) >= 11 is 0. The lowest BCUT2D eigenvalue weighted by molar-refractivity contribution is 1.16. The summed E-state index contributed by atoms with van der Waals surface area (Å²) in [6, 6.07) is 81.9. The highest BCUT2D eigenvalue weighted by Gasteiger charge is 2.20. The molecular weight excluding hydrogens is 811 g/mol. The molecule has 0 aliphatic heterocycles. The zero-order valence-electron chi connectivity index (χ0n) is 36.4. The van der Waals surface area contributed by atoms with Gasteiger partial charge < -0.3 is 4.57 Å². The van der Waals surface area contributed by atoms with Crippen LogP contribution in [-0.4, -0.2) is 14.5 Å². The average Bonchev–Trinajstić information content (AvgIpc) is 3.75. The Balaban J connectivity index is 0.889. The third-order valence-corrected chi connectivity index (χ3v) is 14.0. The Morgan fingerprint density at radius 1 is 0.254 bits per heavy atom. The van der Waals surface area contributed by atoms with Crippen molar-refractivity contribution >= 4 is 86.4 Å². The molecule has 0 amide bonds. The largest absolute Gasteiger partial charge is 0.307 e. The van der Waals surface area contributed by atoms with E-state index in [0.29, 0.717) is 0 Å². The van der Waals surface area contributed by atoms with E-state index in [1.807, 2.05) is 12.4 Å². The molecule has 0 aliphatic rings. The second-order valence-electron chi connectivity index (χ2n) is 17.7. The third-order valence-electron chi connectivity index (χ3n) is 14.0. The number of pyridine rings is 2. The van der Waals surface area contributed by atoms with E-state index in [-0.39, 0.29) is 0 Å². The van der Waals surface area contributed by atoms with Gasteiger partial charge in [-0.1, -0.05) is 170 Å². The molecule has 3 heterocycles. The van der Waals surface area contributed by atoms with Crippen LogP contribution in [0.1, 0.15) is 0 Å². The van der Waals surface area contributed by atoms with Crippen molar-refractivity contribution in [3.63, 3.8) is 0 Å². The molecule has 0 atom stereocenters. The van der Waals surface area contributed by atoms with E-state index in [1.54, 1.807) is 0 Å². The van der Waals surface area contributed by atoms with Crippen LogP contribution < -0.4 is 0 Å². The van der Waals surface area contributed by atoms with Crippen LogP contribution in [0.15, 0.2) is 237 Å². The number of benzene rings is 11. The minimum absolute atomic E-state index is 0.825. The summed E-state index contributed by atoms with van der Waals surface area (Å²) in [5.41, 5.74) is 11.8. The summed E-state index contributed by atoms with van der Waals surface area (Å²) in [4.78, 5) is 10.1. The number of aromatic nitrogens is 3. The molecule has 0 fully saturated rings. The fraction of sp³-hybridized carbons (Fsp3) is 0. The molecule has 310 valence electrons. The summed E-state index contributed by atoms with van der Waals surface area (Å²) in [5, 5.41) is 17.6. The number of rotatable bonds is 5. The quantitative estimate of drug-likeness (QED) is 0.162. The van der Waals surface area contributed by atoms with Crippen molar-refractivity contribution in [2.45, 2.75) is 0 Å². The predicted molar refractivity (Wildman–Crippen MR) is 283 cm³/mol. The van der Waals surface area contributed by atoms with Crippen molar-refractivity contribution in [1.82, 2.24) is 14.5 Å². The molecule has 0 saturated heterocycles. The van der Waals surface area contributed by atoms with Crippen LogP contribution in [0.5, 0.6) is 0 Å². The SMILES string of the molecule is c1cc(-c2ccnc(-c3nccc4c5ccccc5n(-c5cccc(-c6ccc7c8ccccc8c8ccccc8c7c6)c5)c34)c2)cc(-c2ccc3c4ccccc4c4ccccc4c3c2)c1.